The molecule has 0 spiro atoms. The fourth-order valence-electron chi connectivity index (χ4n) is 1.78. The Morgan fingerprint density at radius 2 is 2.07 bits per heavy atom. The van der Waals surface area contributed by atoms with Gasteiger partial charge in [0.05, 0.1) is 14.2 Å². The van der Waals surface area contributed by atoms with Crippen LogP contribution in [0.4, 0.5) is 0 Å². The molecule has 80 valence electrons. The summed E-state index contributed by atoms with van der Waals surface area (Å²) in [6.45, 7) is 2.85. The van der Waals surface area contributed by atoms with Crippen LogP contribution in [0.5, 0.6) is 0 Å². The number of allylic oxidation sites excluding steroid dienone is 3. The highest BCUT2D eigenvalue weighted by atomic mass is 16.5. The molecule has 0 aromatic rings. The molecule has 1 rings (SSSR count). The minimum absolute atomic E-state index is 0.391. The van der Waals surface area contributed by atoms with E-state index < -0.39 is 0 Å². The first kappa shape index (κ1) is 11.1. The molecule has 0 amide bonds. The van der Waals surface area contributed by atoms with Gasteiger partial charge in [0.25, 0.3) is 0 Å². The highest BCUT2D eigenvalue weighted by Crippen LogP contribution is 2.31. The Kier molecular flexibility index (Phi) is 4.01. The predicted molar refractivity (Wildman–Crippen MR) is 56.5 cm³/mol. The number of methoxy groups -OCH3 is 2. The van der Waals surface area contributed by atoms with Gasteiger partial charge in [0.15, 0.2) is 0 Å². The van der Waals surface area contributed by atoms with Gasteiger partial charge in [-0.15, -0.1) is 0 Å². The Hall–Kier alpha value is -0.960. The molecule has 0 aromatic heterocycles. The van der Waals surface area contributed by atoms with Crippen LogP contribution in [0, 0.1) is 11.8 Å². The van der Waals surface area contributed by atoms with E-state index in [-0.39, 0.29) is 0 Å². The third-order valence-electron chi connectivity index (χ3n) is 2.73. The van der Waals surface area contributed by atoms with Gasteiger partial charge in [-0.25, -0.2) is 0 Å². The molecule has 0 radical (unpaired) electrons. The van der Waals surface area contributed by atoms with Crippen molar-refractivity contribution >= 4 is 0 Å². The number of hydrogen-bond acceptors (Lipinski definition) is 3. The molecule has 0 saturated heterocycles. The molecule has 0 bridgehead atoms. The minimum atomic E-state index is 0.391. The molecule has 0 heterocycles. The van der Waals surface area contributed by atoms with Crippen molar-refractivity contribution in [1.29, 1.82) is 0 Å². The van der Waals surface area contributed by atoms with Gasteiger partial charge in [-0.1, -0.05) is 6.92 Å². The molecule has 0 aromatic carbocycles. The van der Waals surface area contributed by atoms with E-state index in [1.54, 1.807) is 14.2 Å². The smallest absolute Gasteiger partial charge is 0.118 e. The summed E-state index contributed by atoms with van der Waals surface area (Å²) in [4.78, 5) is 0. The summed E-state index contributed by atoms with van der Waals surface area (Å²) < 4.78 is 10.5. The van der Waals surface area contributed by atoms with E-state index in [1.165, 1.54) is 0 Å². The summed E-state index contributed by atoms with van der Waals surface area (Å²) in [7, 11) is 3.37. The lowest BCUT2D eigenvalue weighted by Gasteiger charge is -2.26. The minimum Gasteiger partial charge on any atom is -0.501 e. The predicted octanol–water partition coefficient (Wildman–Crippen LogP) is 1.66. The average Bonchev–Trinajstić information content (AvgIpc) is 2.21. The molecule has 1 aliphatic rings. The van der Waals surface area contributed by atoms with Crippen molar-refractivity contribution in [2.75, 3.05) is 20.8 Å². The normalized spacial score (nSPS) is 26.6. The van der Waals surface area contributed by atoms with E-state index >= 15 is 0 Å². The molecule has 2 N–H and O–H groups in total. The van der Waals surface area contributed by atoms with Gasteiger partial charge in [0.1, 0.15) is 11.5 Å². The number of hydrogen-bond donors (Lipinski definition) is 1. The molecule has 3 heteroatoms. The lowest BCUT2D eigenvalue weighted by molar-refractivity contribution is 0.205. The fourth-order valence-corrected chi connectivity index (χ4v) is 1.78. The van der Waals surface area contributed by atoms with Gasteiger partial charge < -0.3 is 15.2 Å². The summed E-state index contributed by atoms with van der Waals surface area (Å²) in [5.41, 5.74) is 5.57. The molecule has 1 aliphatic carbocycles. The maximum absolute atomic E-state index is 5.57. The summed E-state index contributed by atoms with van der Waals surface area (Å²) in [6.07, 6.45) is 5.03. The van der Waals surface area contributed by atoms with Gasteiger partial charge >= 0.3 is 0 Å². The van der Waals surface area contributed by atoms with Gasteiger partial charge in [-0.3, -0.25) is 0 Å². The lowest BCUT2D eigenvalue weighted by Crippen LogP contribution is -2.20. The molecule has 2 atom stereocenters. The Morgan fingerprint density at radius 1 is 1.36 bits per heavy atom. The molecule has 14 heavy (non-hydrogen) atoms. The van der Waals surface area contributed by atoms with E-state index in [1.807, 2.05) is 6.08 Å². The number of rotatable bonds is 4. The Bertz CT molecular complexity index is 246. The van der Waals surface area contributed by atoms with Gasteiger partial charge in [-0.05, 0) is 25.0 Å². The summed E-state index contributed by atoms with van der Waals surface area (Å²) in [6, 6.07) is 0. The molecule has 3 nitrogen and oxygen atoms in total. The maximum atomic E-state index is 5.57. The van der Waals surface area contributed by atoms with E-state index in [4.69, 9.17) is 15.2 Å². The standard InChI is InChI=1S/C11H19NO2/c1-8-9(4-5-12)6-10(13-2)7-11(8)14-3/h6-9H,4-5,12H2,1-3H3. The topological polar surface area (TPSA) is 44.5 Å². The van der Waals surface area contributed by atoms with Crippen molar-refractivity contribution < 1.29 is 9.47 Å². The monoisotopic (exact) mass is 197 g/mol. The highest BCUT2D eigenvalue weighted by molar-refractivity contribution is 5.24. The Balaban J connectivity index is 2.80. The molecule has 0 aliphatic heterocycles. The van der Waals surface area contributed by atoms with Crippen LogP contribution in [-0.4, -0.2) is 20.8 Å². The van der Waals surface area contributed by atoms with Gasteiger partial charge in [-0.2, -0.15) is 0 Å². The second kappa shape index (κ2) is 5.05. The van der Waals surface area contributed by atoms with Crippen LogP contribution in [0.3, 0.4) is 0 Å². The maximum Gasteiger partial charge on any atom is 0.118 e. The quantitative estimate of drug-likeness (QED) is 0.745. The average molecular weight is 197 g/mol. The van der Waals surface area contributed by atoms with Crippen molar-refractivity contribution in [2.24, 2.45) is 17.6 Å². The molecule has 0 saturated carbocycles. The highest BCUT2D eigenvalue weighted by Gasteiger charge is 2.24. The third kappa shape index (κ3) is 2.29. The third-order valence-corrected chi connectivity index (χ3v) is 2.73. The van der Waals surface area contributed by atoms with Crippen molar-refractivity contribution in [3.05, 3.63) is 23.7 Å². The van der Waals surface area contributed by atoms with Crippen molar-refractivity contribution in [3.63, 3.8) is 0 Å². The zero-order chi connectivity index (χ0) is 10.6. The zero-order valence-electron chi connectivity index (χ0n) is 9.12. The van der Waals surface area contributed by atoms with E-state index in [9.17, 15) is 0 Å². The molecular formula is C11H19NO2. The van der Waals surface area contributed by atoms with Crippen molar-refractivity contribution in [1.82, 2.24) is 0 Å². The number of nitrogens with two attached hydrogens (primary N) is 1. The van der Waals surface area contributed by atoms with Crippen molar-refractivity contribution in [2.45, 2.75) is 13.3 Å². The van der Waals surface area contributed by atoms with E-state index in [2.05, 4.69) is 13.0 Å². The van der Waals surface area contributed by atoms with Crippen LogP contribution in [-0.2, 0) is 9.47 Å². The van der Waals surface area contributed by atoms with Crippen LogP contribution >= 0.6 is 0 Å². The van der Waals surface area contributed by atoms with Crippen LogP contribution in [0.15, 0.2) is 23.7 Å². The molecule has 0 fully saturated rings. The summed E-state index contributed by atoms with van der Waals surface area (Å²) in [5, 5.41) is 0. The summed E-state index contributed by atoms with van der Waals surface area (Å²) in [5.74, 6) is 2.67. The molecular weight excluding hydrogens is 178 g/mol. The Morgan fingerprint density at radius 3 is 2.57 bits per heavy atom. The second-order valence-electron chi connectivity index (χ2n) is 3.55. The lowest BCUT2D eigenvalue weighted by atomic mass is 9.85. The largest absolute Gasteiger partial charge is 0.501 e. The first-order valence-electron chi connectivity index (χ1n) is 4.94. The first-order chi connectivity index (χ1) is 6.72. The van der Waals surface area contributed by atoms with Crippen LogP contribution in [0.1, 0.15) is 13.3 Å². The van der Waals surface area contributed by atoms with Crippen LogP contribution in [0.2, 0.25) is 0 Å². The Labute approximate surface area is 85.6 Å². The first-order valence-corrected chi connectivity index (χ1v) is 4.94. The zero-order valence-corrected chi connectivity index (χ0v) is 9.12. The van der Waals surface area contributed by atoms with E-state index in [0.29, 0.717) is 18.4 Å². The van der Waals surface area contributed by atoms with Crippen LogP contribution in [0.25, 0.3) is 0 Å². The van der Waals surface area contributed by atoms with Crippen molar-refractivity contribution in [3.8, 4) is 0 Å². The molecule has 2 unspecified atom stereocenters. The fraction of sp³-hybridized carbons (Fsp3) is 0.636. The van der Waals surface area contributed by atoms with E-state index in [0.717, 1.165) is 17.9 Å². The second-order valence-corrected chi connectivity index (χ2v) is 3.55. The SMILES string of the molecule is COC1=CC(CCN)C(C)C(OC)=C1. The van der Waals surface area contributed by atoms with Gasteiger partial charge in [0.2, 0.25) is 0 Å². The van der Waals surface area contributed by atoms with Gasteiger partial charge in [0, 0.05) is 12.0 Å². The number of ether oxygens (including phenoxy) is 2. The summed E-state index contributed by atoms with van der Waals surface area (Å²) >= 11 is 0. The van der Waals surface area contributed by atoms with Crippen LogP contribution < -0.4 is 5.73 Å².